The van der Waals surface area contributed by atoms with Crippen molar-refractivity contribution in [1.29, 1.82) is 0 Å². The molecule has 194 valence electrons. The van der Waals surface area contributed by atoms with Gasteiger partial charge >= 0.3 is 5.97 Å². The fourth-order valence-electron chi connectivity index (χ4n) is 5.81. The van der Waals surface area contributed by atoms with E-state index < -0.39 is 5.97 Å². The Labute approximate surface area is 214 Å². The van der Waals surface area contributed by atoms with Crippen LogP contribution in [-0.2, 0) is 22.4 Å². The number of nitrogens with zero attached hydrogens (tertiary/aromatic N) is 2. The average Bonchev–Trinajstić information content (AvgIpc) is 3.58. The second-order valence-electron chi connectivity index (χ2n) is 10.6. The topological polar surface area (TPSA) is 83.9 Å². The number of nitrogens with one attached hydrogen (secondary N) is 1. The van der Waals surface area contributed by atoms with Gasteiger partial charge in [0.1, 0.15) is 18.2 Å². The molecular formula is C29H39N3O4. The molecule has 7 heteroatoms. The molecule has 0 spiro atoms. The second-order valence-corrected chi connectivity index (χ2v) is 10.6. The summed E-state index contributed by atoms with van der Waals surface area (Å²) >= 11 is 0. The zero-order valence-corrected chi connectivity index (χ0v) is 21.2. The summed E-state index contributed by atoms with van der Waals surface area (Å²) < 4.78 is 11.6. The van der Waals surface area contributed by atoms with Crippen molar-refractivity contribution >= 4 is 11.8 Å². The highest BCUT2D eigenvalue weighted by atomic mass is 16.5. The lowest BCUT2D eigenvalue weighted by Gasteiger charge is -2.24. The molecule has 36 heavy (non-hydrogen) atoms. The first-order valence-corrected chi connectivity index (χ1v) is 13.6. The third-order valence-corrected chi connectivity index (χ3v) is 7.82. The van der Waals surface area contributed by atoms with Crippen LogP contribution in [0, 0.1) is 5.92 Å². The van der Waals surface area contributed by atoms with Crippen LogP contribution in [0.15, 0.2) is 36.4 Å². The van der Waals surface area contributed by atoms with Crippen LogP contribution in [0.25, 0.3) is 0 Å². The molecule has 5 rings (SSSR count). The Morgan fingerprint density at radius 3 is 3.06 bits per heavy atom. The number of ether oxygens (including phenoxy) is 2. The summed E-state index contributed by atoms with van der Waals surface area (Å²) in [5.74, 6) is 1.69. The Kier molecular flexibility index (Phi) is 8.39. The minimum atomic E-state index is -0.756. The molecule has 2 fully saturated rings. The van der Waals surface area contributed by atoms with E-state index in [1.54, 1.807) is 0 Å². The van der Waals surface area contributed by atoms with Gasteiger partial charge in [-0.1, -0.05) is 18.2 Å². The molecule has 0 aliphatic carbocycles. The van der Waals surface area contributed by atoms with Crippen molar-refractivity contribution in [2.24, 2.45) is 5.92 Å². The summed E-state index contributed by atoms with van der Waals surface area (Å²) in [6, 6.07) is 12.4. The van der Waals surface area contributed by atoms with E-state index in [1.165, 1.54) is 17.7 Å². The van der Waals surface area contributed by atoms with Crippen molar-refractivity contribution in [2.45, 2.75) is 63.4 Å². The van der Waals surface area contributed by atoms with Gasteiger partial charge in [-0.15, -0.1) is 0 Å². The molecule has 2 aromatic rings. The van der Waals surface area contributed by atoms with E-state index in [0.29, 0.717) is 12.5 Å². The Bertz CT molecular complexity index is 1020. The summed E-state index contributed by atoms with van der Waals surface area (Å²) in [6.45, 7) is 5.19. The van der Waals surface area contributed by atoms with Crippen LogP contribution in [0.5, 0.6) is 5.75 Å². The maximum atomic E-state index is 11.7. The van der Waals surface area contributed by atoms with Gasteiger partial charge in [0.25, 0.3) is 0 Å². The van der Waals surface area contributed by atoms with Crippen LogP contribution in [0.4, 0.5) is 5.82 Å². The fourth-order valence-corrected chi connectivity index (χ4v) is 5.81. The number of benzene rings is 1. The second kappa shape index (κ2) is 12.1. The van der Waals surface area contributed by atoms with Crippen LogP contribution in [0.1, 0.15) is 61.3 Å². The van der Waals surface area contributed by atoms with Crippen molar-refractivity contribution in [1.82, 2.24) is 9.88 Å². The van der Waals surface area contributed by atoms with Crippen LogP contribution in [0.2, 0.25) is 0 Å². The third-order valence-electron chi connectivity index (χ3n) is 7.82. The summed E-state index contributed by atoms with van der Waals surface area (Å²) in [6.07, 6.45) is 8.00. The molecule has 0 unspecified atom stereocenters. The molecule has 7 nitrogen and oxygen atoms in total. The summed E-state index contributed by atoms with van der Waals surface area (Å²) in [4.78, 5) is 19.0. The zero-order chi connectivity index (χ0) is 24.7. The van der Waals surface area contributed by atoms with Gasteiger partial charge in [0.05, 0.1) is 12.5 Å². The fraction of sp³-hybridized carbons (Fsp3) is 0.586. The molecule has 0 saturated carbocycles. The number of likely N-dealkylation sites (tertiary alicyclic amines) is 1. The van der Waals surface area contributed by atoms with Crippen molar-refractivity contribution in [3.63, 3.8) is 0 Å². The highest BCUT2D eigenvalue weighted by Gasteiger charge is 2.27. The van der Waals surface area contributed by atoms with Gasteiger partial charge in [0.15, 0.2) is 0 Å². The third kappa shape index (κ3) is 6.77. The van der Waals surface area contributed by atoms with Gasteiger partial charge in [0, 0.05) is 37.9 Å². The van der Waals surface area contributed by atoms with E-state index in [2.05, 4.69) is 22.3 Å². The highest BCUT2D eigenvalue weighted by Crippen LogP contribution is 2.29. The maximum Gasteiger partial charge on any atom is 0.304 e. The van der Waals surface area contributed by atoms with Crippen molar-refractivity contribution < 1.29 is 19.4 Å². The maximum absolute atomic E-state index is 11.7. The van der Waals surface area contributed by atoms with Gasteiger partial charge in [-0.2, -0.15) is 0 Å². The number of fused-ring (bicyclic) bond motifs is 1. The first-order valence-electron chi connectivity index (χ1n) is 13.6. The first kappa shape index (κ1) is 25.0. The lowest BCUT2D eigenvalue weighted by molar-refractivity contribution is -0.137. The molecule has 3 aliphatic heterocycles. The Morgan fingerprint density at radius 1 is 1.25 bits per heavy atom. The average molecular weight is 494 g/mol. The van der Waals surface area contributed by atoms with Gasteiger partial charge in [-0.25, -0.2) is 4.98 Å². The first-order chi connectivity index (χ1) is 17.6. The number of aliphatic carboxylic acids is 1. The molecular weight excluding hydrogens is 454 g/mol. The smallest absolute Gasteiger partial charge is 0.304 e. The molecule has 0 radical (unpaired) electrons. The molecule has 0 bridgehead atoms. The summed E-state index contributed by atoms with van der Waals surface area (Å²) in [7, 11) is 0. The van der Waals surface area contributed by atoms with E-state index in [9.17, 15) is 9.90 Å². The molecule has 0 amide bonds. The molecule has 1 aromatic carbocycles. The van der Waals surface area contributed by atoms with Crippen LogP contribution >= 0.6 is 0 Å². The number of carboxylic acid groups (broad SMARTS) is 1. The largest absolute Gasteiger partial charge is 0.491 e. The number of hydrogen-bond donors (Lipinski definition) is 2. The SMILES string of the molecule is O=C(O)C[C@H](CN1CC[C@@H](CCc2ccc3c(n2)NCCC3)C1)c1cccc(OC[C@H]2CCCO2)c1. The highest BCUT2D eigenvalue weighted by molar-refractivity contribution is 5.68. The van der Waals surface area contributed by atoms with Crippen LogP contribution < -0.4 is 10.1 Å². The van der Waals surface area contributed by atoms with Crippen LogP contribution in [-0.4, -0.2) is 66.5 Å². The van der Waals surface area contributed by atoms with Gasteiger partial charge in [-0.05, 0) is 86.7 Å². The van der Waals surface area contributed by atoms with Crippen molar-refractivity contribution in [2.75, 3.05) is 44.7 Å². The normalized spacial score (nSPS) is 22.7. The number of aromatic nitrogens is 1. The zero-order valence-electron chi connectivity index (χ0n) is 21.2. The number of carboxylic acids is 1. The summed E-state index contributed by atoms with van der Waals surface area (Å²) in [5, 5.41) is 13.0. The van der Waals surface area contributed by atoms with E-state index in [1.807, 2.05) is 24.3 Å². The number of hydrogen-bond acceptors (Lipinski definition) is 6. The Hall–Kier alpha value is -2.64. The van der Waals surface area contributed by atoms with Crippen LogP contribution in [0.3, 0.4) is 0 Å². The Morgan fingerprint density at radius 2 is 2.19 bits per heavy atom. The van der Waals surface area contributed by atoms with E-state index in [0.717, 1.165) is 88.4 Å². The predicted molar refractivity (Wildman–Crippen MR) is 140 cm³/mol. The van der Waals surface area contributed by atoms with Gasteiger partial charge in [0.2, 0.25) is 0 Å². The van der Waals surface area contributed by atoms with Crippen molar-refractivity contribution in [3.05, 3.63) is 53.2 Å². The molecule has 1 aromatic heterocycles. The molecule has 2 N–H and O–H groups in total. The predicted octanol–water partition coefficient (Wildman–Crippen LogP) is 4.51. The number of rotatable bonds is 11. The number of aryl methyl sites for hydroxylation is 2. The minimum absolute atomic E-state index is 0.0547. The lowest BCUT2D eigenvalue weighted by Crippen LogP contribution is -2.28. The Balaban J connectivity index is 1.14. The molecule has 4 heterocycles. The number of pyridine rings is 1. The number of carbonyl (C=O) groups is 1. The van der Waals surface area contributed by atoms with Gasteiger partial charge in [-0.3, -0.25) is 4.79 Å². The minimum Gasteiger partial charge on any atom is -0.491 e. The summed E-state index contributed by atoms with van der Waals surface area (Å²) in [5.41, 5.74) is 3.55. The molecule has 3 atom stereocenters. The molecule has 3 aliphatic rings. The quantitative estimate of drug-likeness (QED) is 0.476. The lowest BCUT2D eigenvalue weighted by atomic mass is 9.94. The van der Waals surface area contributed by atoms with Crippen molar-refractivity contribution in [3.8, 4) is 5.75 Å². The monoisotopic (exact) mass is 493 g/mol. The van der Waals surface area contributed by atoms with Gasteiger partial charge < -0.3 is 24.8 Å². The van der Waals surface area contributed by atoms with E-state index in [4.69, 9.17) is 14.5 Å². The molecule has 2 saturated heterocycles. The standard InChI is InChI=1S/C29H39N3O4/c33-28(34)17-24(23-4-1-6-26(16-23)36-20-27-7-3-15-35-27)19-32-14-12-21(18-32)8-10-25-11-9-22-5-2-13-30-29(22)31-25/h1,4,6,9,11,16,21,24,27H,2-3,5,7-8,10,12-15,17-20H2,(H,30,31)(H,33,34)/t21-,24-,27-/m1/s1. The number of anilines is 1. The van der Waals surface area contributed by atoms with E-state index >= 15 is 0 Å². The van der Waals surface area contributed by atoms with E-state index in [-0.39, 0.29) is 18.4 Å².